The van der Waals surface area contributed by atoms with Crippen LogP contribution in [0.2, 0.25) is 0 Å². The summed E-state index contributed by atoms with van der Waals surface area (Å²) in [7, 11) is 2.87. The van der Waals surface area contributed by atoms with Gasteiger partial charge >= 0.3 is 5.97 Å². The third-order valence-corrected chi connectivity index (χ3v) is 3.39. The number of hydrogen-bond acceptors (Lipinski definition) is 4. The van der Waals surface area contributed by atoms with Crippen molar-refractivity contribution in [2.75, 3.05) is 14.2 Å². The summed E-state index contributed by atoms with van der Waals surface area (Å²) in [5.41, 5.74) is 0.293. The van der Waals surface area contributed by atoms with Crippen LogP contribution in [-0.4, -0.2) is 31.2 Å². The Morgan fingerprint density at radius 1 is 1.17 bits per heavy atom. The Morgan fingerprint density at radius 3 is 2.30 bits per heavy atom. The molecule has 128 valence electrons. The number of benzene rings is 1. The van der Waals surface area contributed by atoms with Gasteiger partial charge < -0.3 is 19.9 Å². The number of aliphatic carboxylic acids is 1. The van der Waals surface area contributed by atoms with E-state index in [-0.39, 0.29) is 24.5 Å². The quantitative estimate of drug-likeness (QED) is 0.681. The Bertz CT molecular complexity index is 562. The molecule has 0 aromatic heterocycles. The number of methoxy groups -OCH3 is 2. The van der Waals surface area contributed by atoms with Gasteiger partial charge in [-0.25, -0.2) is 4.39 Å². The number of hydrogen-bond donors (Lipinski definition) is 2. The van der Waals surface area contributed by atoms with E-state index < -0.39 is 17.8 Å². The summed E-state index contributed by atoms with van der Waals surface area (Å²) in [6.45, 7) is 1.67. The maximum atomic E-state index is 14.1. The van der Waals surface area contributed by atoms with Gasteiger partial charge in [-0.15, -0.1) is 0 Å². The van der Waals surface area contributed by atoms with E-state index in [9.17, 15) is 14.0 Å². The zero-order valence-electron chi connectivity index (χ0n) is 13.5. The van der Waals surface area contributed by atoms with Crippen LogP contribution in [0.5, 0.6) is 11.5 Å². The lowest BCUT2D eigenvalue weighted by Crippen LogP contribution is -2.27. The van der Waals surface area contributed by atoms with Crippen LogP contribution >= 0.6 is 0 Å². The van der Waals surface area contributed by atoms with Crippen LogP contribution in [0.1, 0.15) is 44.2 Å². The van der Waals surface area contributed by atoms with Crippen molar-refractivity contribution in [3.63, 3.8) is 0 Å². The highest BCUT2D eigenvalue weighted by Gasteiger charge is 2.17. The van der Waals surface area contributed by atoms with Gasteiger partial charge in [0.1, 0.15) is 5.82 Å². The van der Waals surface area contributed by atoms with Gasteiger partial charge in [-0.1, -0.05) is 0 Å². The van der Waals surface area contributed by atoms with Crippen LogP contribution in [0, 0.1) is 5.82 Å². The average Bonchev–Trinajstić information content (AvgIpc) is 2.50. The summed E-state index contributed by atoms with van der Waals surface area (Å²) in [5.74, 6) is -0.975. The third-order valence-electron chi connectivity index (χ3n) is 3.39. The van der Waals surface area contributed by atoms with Gasteiger partial charge in [0.25, 0.3) is 0 Å². The lowest BCUT2D eigenvalue weighted by atomic mass is 10.1. The molecule has 1 aromatic rings. The fraction of sp³-hybridized carbons (Fsp3) is 0.500. The van der Waals surface area contributed by atoms with E-state index in [2.05, 4.69) is 5.32 Å². The van der Waals surface area contributed by atoms with Crippen LogP contribution in [0.25, 0.3) is 0 Å². The molecule has 1 atom stereocenters. The van der Waals surface area contributed by atoms with Crippen LogP contribution in [-0.2, 0) is 9.59 Å². The summed E-state index contributed by atoms with van der Waals surface area (Å²) in [6.07, 6.45) is 1.14. The van der Waals surface area contributed by atoms with Crippen molar-refractivity contribution in [2.24, 2.45) is 0 Å². The van der Waals surface area contributed by atoms with Crippen LogP contribution < -0.4 is 14.8 Å². The largest absolute Gasteiger partial charge is 0.493 e. The Kier molecular flexibility index (Phi) is 7.31. The highest BCUT2D eigenvalue weighted by atomic mass is 19.1. The number of carboxylic acid groups (broad SMARTS) is 1. The molecule has 1 unspecified atom stereocenters. The van der Waals surface area contributed by atoms with Crippen LogP contribution in [0.4, 0.5) is 4.39 Å². The van der Waals surface area contributed by atoms with Gasteiger partial charge in [-0.3, -0.25) is 9.59 Å². The van der Waals surface area contributed by atoms with E-state index in [1.807, 2.05) is 0 Å². The lowest BCUT2D eigenvalue weighted by Gasteiger charge is -2.17. The molecule has 0 fully saturated rings. The van der Waals surface area contributed by atoms with Gasteiger partial charge in [0.2, 0.25) is 5.91 Å². The molecule has 0 saturated carbocycles. The Morgan fingerprint density at radius 2 is 1.74 bits per heavy atom. The van der Waals surface area contributed by atoms with Crippen molar-refractivity contribution in [3.8, 4) is 11.5 Å². The van der Waals surface area contributed by atoms with Gasteiger partial charge in [0.15, 0.2) is 11.5 Å². The molecule has 1 rings (SSSR count). The molecule has 1 amide bonds. The Labute approximate surface area is 134 Å². The molecule has 0 bridgehead atoms. The van der Waals surface area contributed by atoms with E-state index in [0.717, 1.165) is 0 Å². The van der Waals surface area contributed by atoms with Gasteiger partial charge in [-0.05, 0) is 25.8 Å². The van der Waals surface area contributed by atoms with Crippen molar-refractivity contribution in [1.29, 1.82) is 0 Å². The monoisotopic (exact) mass is 327 g/mol. The van der Waals surface area contributed by atoms with Crippen molar-refractivity contribution >= 4 is 11.9 Å². The van der Waals surface area contributed by atoms with Gasteiger partial charge in [0, 0.05) is 24.5 Å². The predicted octanol–water partition coefficient (Wildman–Crippen LogP) is 2.67. The smallest absolute Gasteiger partial charge is 0.303 e. The summed E-state index contributed by atoms with van der Waals surface area (Å²) in [4.78, 5) is 22.2. The third kappa shape index (κ3) is 5.77. The fourth-order valence-corrected chi connectivity index (χ4v) is 2.15. The second-order valence-electron chi connectivity index (χ2n) is 5.12. The van der Waals surface area contributed by atoms with E-state index in [0.29, 0.717) is 24.2 Å². The topological polar surface area (TPSA) is 84.9 Å². The highest BCUT2D eigenvalue weighted by Crippen LogP contribution is 2.32. The number of carbonyl (C=O) groups excluding carboxylic acids is 1. The van der Waals surface area contributed by atoms with Crippen molar-refractivity contribution in [1.82, 2.24) is 5.32 Å². The van der Waals surface area contributed by atoms with Gasteiger partial charge in [0.05, 0.1) is 20.3 Å². The molecule has 0 spiro atoms. The SMILES string of the molecule is COc1cc(F)c(C(C)NC(=O)CCCCC(=O)O)cc1OC. The van der Waals surface area contributed by atoms with Crippen molar-refractivity contribution in [2.45, 2.75) is 38.6 Å². The van der Waals surface area contributed by atoms with Crippen molar-refractivity contribution < 1.29 is 28.6 Å². The molecule has 6 nitrogen and oxygen atoms in total. The number of amides is 1. The van der Waals surface area contributed by atoms with Gasteiger partial charge in [-0.2, -0.15) is 0 Å². The molecule has 1 aromatic carbocycles. The molecular formula is C16H22FNO5. The second kappa shape index (κ2) is 8.97. The van der Waals surface area contributed by atoms with E-state index in [4.69, 9.17) is 14.6 Å². The summed E-state index contributed by atoms with van der Waals surface area (Å²) in [6, 6.07) is 2.16. The molecular weight excluding hydrogens is 305 g/mol. The first-order valence-electron chi connectivity index (χ1n) is 7.31. The van der Waals surface area contributed by atoms with Crippen LogP contribution in [0.15, 0.2) is 12.1 Å². The van der Waals surface area contributed by atoms with Crippen LogP contribution in [0.3, 0.4) is 0 Å². The predicted molar refractivity (Wildman–Crippen MR) is 82.2 cm³/mol. The maximum Gasteiger partial charge on any atom is 0.303 e. The second-order valence-corrected chi connectivity index (χ2v) is 5.12. The first kappa shape index (κ1) is 18.7. The first-order valence-corrected chi connectivity index (χ1v) is 7.31. The number of rotatable bonds is 9. The number of unbranched alkanes of at least 4 members (excludes halogenated alkanes) is 1. The zero-order valence-corrected chi connectivity index (χ0v) is 13.5. The minimum atomic E-state index is -0.883. The maximum absolute atomic E-state index is 14.1. The Balaban J connectivity index is 2.65. The standard InChI is InChI=1S/C16H22FNO5/c1-10(18-15(19)6-4-5-7-16(20)21)11-8-13(22-2)14(23-3)9-12(11)17/h8-10H,4-7H2,1-3H3,(H,18,19)(H,20,21). The summed E-state index contributed by atoms with van der Waals surface area (Å²) in [5, 5.41) is 11.2. The number of halogens is 1. The number of carbonyl (C=O) groups is 2. The molecule has 0 aliphatic heterocycles. The number of ether oxygens (including phenoxy) is 2. The fourth-order valence-electron chi connectivity index (χ4n) is 2.15. The zero-order chi connectivity index (χ0) is 17.4. The molecule has 0 aliphatic rings. The molecule has 0 radical (unpaired) electrons. The molecule has 0 aliphatic carbocycles. The average molecular weight is 327 g/mol. The molecule has 23 heavy (non-hydrogen) atoms. The molecule has 2 N–H and O–H groups in total. The van der Waals surface area contributed by atoms with E-state index >= 15 is 0 Å². The normalized spacial score (nSPS) is 11.7. The lowest BCUT2D eigenvalue weighted by molar-refractivity contribution is -0.137. The van der Waals surface area contributed by atoms with E-state index in [1.165, 1.54) is 26.4 Å². The van der Waals surface area contributed by atoms with Crippen molar-refractivity contribution in [3.05, 3.63) is 23.5 Å². The molecule has 7 heteroatoms. The minimum Gasteiger partial charge on any atom is -0.493 e. The summed E-state index contributed by atoms with van der Waals surface area (Å²) < 4.78 is 24.2. The molecule has 0 heterocycles. The first-order chi connectivity index (χ1) is 10.9. The van der Waals surface area contributed by atoms with E-state index in [1.54, 1.807) is 6.92 Å². The highest BCUT2D eigenvalue weighted by molar-refractivity contribution is 5.76. The molecule has 0 saturated heterocycles. The summed E-state index contributed by atoms with van der Waals surface area (Å²) >= 11 is 0. The number of carboxylic acids is 1. The number of nitrogens with one attached hydrogen (secondary N) is 1. The Hall–Kier alpha value is -2.31. The minimum absolute atomic E-state index is 0.0349.